The van der Waals surface area contributed by atoms with Crippen LogP contribution < -0.4 is 14.8 Å². The third kappa shape index (κ3) is 2.21. The second-order valence-corrected chi connectivity index (χ2v) is 8.17. The van der Waals surface area contributed by atoms with E-state index in [1.807, 2.05) is 18.0 Å². The summed E-state index contributed by atoms with van der Waals surface area (Å²) in [7, 11) is 1.92. The highest BCUT2D eigenvalue weighted by Gasteiger charge is 2.51. The number of ether oxygens (including phenoxy) is 2. The van der Waals surface area contributed by atoms with Crippen LogP contribution in [0, 0.1) is 0 Å². The molecule has 4 aliphatic heterocycles. The maximum absolute atomic E-state index is 13.0. The van der Waals surface area contributed by atoms with Crippen LogP contribution in [0.5, 0.6) is 11.5 Å². The van der Waals surface area contributed by atoms with Gasteiger partial charge >= 0.3 is 0 Å². The van der Waals surface area contributed by atoms with Crippen LogP contribution in [-0.4, -0.2) is 54.7 Å². The van der Waals surface area contributed by atoms with Crippen LogP contribution in [0.2, 0.25) is 0 Å². The van der Waals surface area contributed by atoms with E-state index < -0.39 is 0 Å². The quantitative estimate of drug-likeness (QED) is 0.828. The van der Waals surface area contributed by atoms with E-state index in [1.54, 1.807) is 0 Å². The summed E-state index contributed by atoms with van der Waals surface area (Å²) in [5.74, 6) is 2.15. The van der Waals surface area contributed by atoms with Crippen molar-refractivity contribution in [1.82, 2.24) is 9.80 Å². The van der Waals surface area contributed by atoms with Gasteiger partial charge in [-0.15, -0.1) is 0 Å². The Hall–Kier alpha value is -2.73. The molecule has 2 aromatic rings. The molecule has 4 atom stereocenters. The van der Waals surface area contributed by atoms with E-state index in [2.05, 4.69) is 46.6 Å². The molecule has 6 rings (SSSR count). The van der Waals surface area contributed by atoms with E-state index in [1.165, 1.54) is 16.8 Å². The summed E-state index contributed by atoms with van der Waals surface area (Å²) in [6, 6.07) is 15.0. The number of rotatable bonds is 1. The lowest BCUT2D eigenvalue weighted by molar-refractivity contribution is -0.145. The third-order valence-electron chi connectivity index (χ3n) is 6.78. The minimum absolute atomic E-state index is 0.0802. The lowest BCUT2D eigenvalue weighted by Gasteiger charge is -2.51. The van der Waals surface area contributed by atoms with Crippen LogP contribution in [0.25, 0.3) is 0 Å². The number of piperidine rings is 1. The first-order valence-electron chi connectivity index (χ1n) is 9.96. The van der Waals surface area contributed by atoms with Gasteiger partial charge in [-0.2, -0.15) is 0 Å². The van der Waals surface area contributed by atoms with E-state index in [-0.39, 0.29) is 30.8 Å². The predicted octanol–water partition coefficient (Wildman–Crippen LogP) is 2.58. The number of nitrogens with one attached hydrogen (secondary N) is 1. The molecule has 6 heteroatoms. The molecule has 0 aliphatic carbocycles. The number of amides is 1. The van der Waals surface area contributed by atoms with Crippen LogP contribution >= 0.6 is 0 Å². The minimum Gasteiger partial charge on any atom is -0.454 e. The third-order valence-corrected chi connectivity index (χ3v) is 6.78. The van der Waals surface area contributed by atoms with Gasteiger partial charge in [0, 0.05) is 31.7 Å². The SMILES string of the molecule is CN1CCN2[C@H](CC3c4ccccc4NC3[C@H]2c2ccc3c(c2)OCO3)C1=O. The molecule has 1 amide bonds. The zero-order valence-electron chi connectivity index (χ0n) is 15.8. The van der Waals surface area contributed by atoms with E-state index in [0.29, 0.717) is 5.92 Å². The van der Waals surface area contributed by atoms with E-state index >= 15 is 0 Å². The molecule has 0 saturated carbocycles. The van der Waals surface area contributed by atoms with Gasteiger partial charge in [-0.3, -0.25) is 9.69 Å². The van der Waals surface area contributed by atoms with Crippen LogP contribution in [0.15, 0.2) is 42.5 Å². The normalized spacial score (nSPS) is 30.5. The van der Waals surface area contributed by atoms with Gasteiger partial charge in [0.2, 0.25) is 12.7 Å². The number of anilines is 1. The Kier molecular flexibility index (Phi) is 3.41. The lowest BCUT2D eigenvalue weighted by Crippen LogP contribution is -2.62. The molecule has 6 nitrogen and oxygen atoms in total. The highest BCUT2D eigenvalue weighted by molar-refractivity contribution is 5.83. The molecule has 2 aromatic carbocycles. The Morgan fingerprint density at radius 3 is 2.86 bits per heavy atom. The number of nitrogens with zero attached hydrogens (tertiary/aromatic N) is 2. The minimum atomic E-state index is -0.0802. The van der Waals surface area contributed by atoms with Crippen molar-refractivity contribution in [3.8, 4) is 11.5 Å². The highest BCUT2D eigenvalue weighted by atomic mass is 16.7. The smallest absolute Gasteiger partial charge is 0.239 e. The maximum Gasteiger partial charge on any atom is 0.239 e. The first-order chi connectivity index (χ1) is 13.7. The molecule has 4 aliphatic rings. The van der Waals surface area contributed by atoms with Crippen molar-refractivity contribution in [2.45, 2.75) is 30.5 Å². The molecular weight excluding hydrogens is 354 g/mol. The van der Waals surface area contributed by atoms with Crippen LogP contribution in [0.1, 0.15) is 29.5 Å². The summed E-state index contributed by atoms with van der Waals surface area (Å²) in [4.78, 5) is 17.3. The van der Waals surface area contributed by atoms with Crippen molar-refractivity contribution in [3.05, 3.63) is 53.6 Å². The fourth-order valence-corrected chi connectivity index (χ4v) is 5.44. The Bertz CT molecular complexity index is 962. The van der Waals surface area contributed by atoms with Gasteiger partial charge in [0.1, 0.15) is 0 Å². The molecule has 28 heavy (non-hydrogen) atoms. The van der Waals surface area contributed by atoms with Crippen LogP contribution in [0.4, 0.5) is 5.69 Å². The van der Waals surface area contributed by atoms with Crippen molar-refractivity contribution in [1.29, 1.82) is 0 Å². The van der Waals surface area contributed by atoms with Crippen LogP contribution in [0.3, 0.4) is 0 Å². The van der Waals surface area contributed by atoms with Crippen molar-refractivity contribution in [3.63, 3.8) is 0 Å². The Labute approximate surface area is 164 Å². The number of benzene rings is 2. The summed E-state index contributed by atoms with van der Waals surface area (Å²) in [6.07, 6.45) is 0.860. The number of fused-ring (bicyclic) bond motifs is 5. The molecule has 0 aromatic heterocycles. The van der Waals surface area contributed by atoms with E-state index in [4.69, 9.17) is 9.47 Å². The Balaban J connectivity index is 1.46. The predicted molar refractivity (Wildman–Crippen MR) is 105 cm³/mol. The lowest BCUT2D eigenvalue weighted by atomic mass is 9.76. The average Bonchev–Trinajstić information content (AvgIpc) is 3.33. The van der Waals surface area contributed by atoms with Gasteiger partial charge < -0.3 is 19.7 Å². The maximum atomic E-state index is 13.0. The fourth-order valence-electron chi connectivity index (χ4n) is 5.44. The molecule has 2 fully saturated rings. The molecule has 0 radical (unpaired) electrons. The summed E-state index contributed by atoms with van der Waals surface area (Å²) < 4.78 is 11.1. The first kappa shape index (κ1) is 16.2. The standard InChI is InChI=1S/C22H23N3O3/c1-24-8-9-25-17(22(24)26)11-15-14-4-2-3-5-16(14)23-20(15)21(25)13-6-7-18-19(10-13)28-12-27-18/h2-7,10,15,17,20-21,23H,8-9,11-12H2,1H3/t15?,17-,20?,21-/m1/s1. The summed E-state index contributed by atoms with van der Waals surface area (Å²) in [5, 5.41) is 3.77. The number of hydrogen-bond acceptors (Lipinski definition) is 5. The van der Waals surface area contributed by atoms with E-state index in [0.717, 1.165) is 31.0 Å². The zero-order chi connectivity index (χ0) is 18.8. The van der Waals surface area contributed by atoms with Crippen molar-refractivity contribution in [2.24, 2.45) is 0 Å². The second kappa shape index (κ2) is 5.88. The molecule has 2 saturated heterocycles. The van der Waals surface area contributed by atoms with Crippen molar-refractivity contribution in [2.75, 3.05) is 32.2 Å². The van der Waals surface area contributed by atoms with E-state index in [9.17, 15) is 4.79 Å². The van der Waals surface area contributed by atoms with Gasteiger partial charge in [-0.1, -0.05) is 24.3 Å². The summed E-state index contributed by atoms with van der Waals surface area (Å²) >= 11 is 0. The number of hydrogen-bond donors (Lipinski definition) is 1. The summed E-state index contributed by atoms with van der Waals surface area (Å²) in [5.41, 5.74) is 3.71. The van der Waals surface area contributed by atoms with Crippen molar-refractivity contribution < 1.29 is 14.3 Å². The first-order valence-corrected chi connectivity index (χ1v) is 9.96. The monoisotopic (exact) mass is 377 g/mol. The number of para-hydroxylation sites is 1. The van der Waals surface area contributed by atoms with Crippen LogP contribution in [-0.2, 0) is 4.79 Å². The Morgan fingerprint density at radius 2 is 1.93 bits per heavy atom. The molecule has 144 valence electrons. The topological polar surface area (TPSA) is 54.0 Å². The molecule has 0 spiro atoms. The largest absolute Gasteiger partial charge is 0.454 e. The number of likely N-dealkylation sites (N-methyl/N-ethyl adjacent to an activating group) is 1. The zero-order valence-corrected chi connectivity index (χ0v) is 15.8. The van der Waals surface area contributed by atoms with Gasteiger partial charge in [-0.05, 0) is 35.7 Å². The fraction of sp³-hybridized carbons (Fsp3) is 0.409. The molecule has 0 bridgehead atoms. The number of carbonyl (C=O) groups excluding carboxylic acids is 1. The molecular formula is C22H23N3O3. The van der Waals surface area contributed by atoms with Crippen molar-refractivity contribution >= 4 is 11.6 Å². The van der Waals surface area contributed by atoms with Gasteiger partial charge in [-0.25, -0.2) is 0 Å². The molecule has 1 N–H and O–H groups in total. The Morgan fingerprint density at radius 1 is 1.07 bits per heavy atom. The van der Waals surface area contributed by atoms with Gasteiger partial charge in [0.05, 0.1) is 18.1 Å². The van der Waals surface area contributed by atoms with Gasteiger partial charge in [0.15, 0.2) is 11.5 Å². The molecule has 4 heterocycles. The number of piperazine rings is 1. The molecule has 2 unspecified atom stereocenters. The number of carbonyl (C=O) groups is 1. The average molecular weight is 377 g/mol. The van der Waals surface area contributed by atoms with Gasteiger partial charge in [0.25, 0.3) is 0 Å². The summed E-state index contributed by atoms with van der Waals surface area (Å²) in [6.45, 7) is 1.92. The highest BCUT2D eigenvalue weighted by Crippen LogP contribution is 2.51. The second-order valence-electron chi connectivity index (χ2n) is 8.17.